The molecule has 2 heteroatoms. The molecule has 0 saturated heterocycles. The highest BCUT2D eigenvalue weighted by Gasteiger charge is 2.48. The van der Waals surface area contributed by atoms with Crippen LogP contribution in [-0.2, 0) is 9.59 Å². The van der Waals surface area contributed by atoms with E-state index in [0.29, 0.717) is 24.4 Å². The Morgan fingerprint density at radius 2 is 1.81 bits per heavy atom. The lowest BCUT2D eigenvalue weighted by molar-refractivity contribution is -0.125. The number of carbonyl (C=O) groups is 2. The van der Waals surface area contributed by atoms with Gasteiger partial charge in [0.25, 0.3) is 0 Å². The molecule has 1 fully saturated rings. The van der Waals surface area contributed by atoms with Crippen molar-refractivity contribution in [3.8, 4) is 0 Å². The molecular weight excluding hydrogens is 200 g/mol. The fourth-order valence-electron chi connectivity index (χ4n) is 3.55. The molecule has 0 aromatic carbocycles. The quantitative estimate of drug-likeness (QED) is 0.583. The van der Waals surface area contributed by atoms with E-state index in [9.17, 15) is 9.59 Å². The minimum absolute atomic E-state index is 0.274. The molecule has 1 spiro atoms. The number of rotatable bonds is 0. The lowest BCUT2D eigenvalue weighted by Crippen LogP contribution is -2.30. The standard InChI is InChI=1S/C14H16O2/c1-9-2-5-13(16)14(9)7-6-11-10(8-14)3-4-12(11)15/h1-8H2/t14-/m1/s1. The maximum Gasteiger partial charge on any atom is 0.159 e. The minimum atomic E-state index is -0.274. The summed E-state index contributed by atoms with van der Waals surface area (Å²) in [6.45, 7) is 4.09. The van der Waals surface area contributed by atoms with Gasteiger partial charge in [0.1, 0.15) is 5.78 Å². The van der Waals surface area contributed by atoms with Gasteiger partial charge in [-0.3, -0.25) is 9.59 Å². The molecule has 16 heavy (non-hydrogen) atoms. The third-order valence-electron chi connectivity index (χ3n) is 4.60. The molecular formula is C14H16O2. The predicted octanol–water partition coefficient (Wildman–Crippen LogP) is 2.74. The van der Waals surface area contributed by atoms with Gasteiger partial charge in [-0.05, 0) is 37.7 Å². The predicted molar refractivity (Wildman–Crippen MR) is 60.9 cm³/mol. The van der Waals surface area contributed by atoms with Crippen LogP contribution in [0.1, 0.15) is 44.9 Å². The largest absolute Gasteiger partial charge is 0.299 e. The van der Waals surface area contributed by atoms with Crippen LogP contribution in [0.2, 0.25) is 0 Å². The van der Waals surface area contributed by atoms with Gasteiger partial charge in [0.2, 0.25) is 0 Å². The molecule has 1 saturated carbocycles. The van der Waals surface area contributed by atoms with E-state index in [1.54, 1.807) is 0 Å². The Bertz CT molecular complexity index is 424. The van der Waals surface area contributed by atoms with E-state index in [4.69, 9.17) is 0 Å². The molecule has 0 aromatic heterocycles. The van der Waals surface area contributed by atoms with Crippen LogP contribution in [0.5, 0.6) is 0 Å². The highest BCUT2D eigenvalue weighted by molar-refractivity contribution is 6.00. The zero-order valence-corrected chi connectivity index (χ0v) is 9.47. The number of hydrogen-bond acceptors (Lipinski definition) is 2. The van der Waals surface area contributed by atoms with Crippen LogP contribution in [0, 0.1) is 5.41 Å². The van der Waals surface area contributed by atoms with E-state index in [0.717, 1.165) is 43.3 Å². The molecule has 0 bridgehead atoms. The summed E-state index contributed by atoms with van der Waals surface area (Å²) in [5, 5.41) is 0. The molecule has 0 aliphatic heterocycles. The summed E-state index contributed by atoms with van der Waals surface area (Å²) in [6.07, 6.45) is 5.50. The lowest BCUT2D eigenvalue weighted by atomic mass is 9.68. The normalized spacial score (nSPS) is 34.1. The Kier molecular flexibility index (Phi) is 1.97. The summed E-state index contributed by atoms with van der Waals surface area (Å²) >= 11 is 0. The van der Waals surface area contributed by atoms with Gasteiger partial charge >= 0.3 is 0 Å². The van der Waals surface area contributed by atoms with Crippen molar-refractivity contribution in [2.24, 2.45) is 5.41 Å². The maximum absolute atomic E-state index is 12.1. The number of Topliss-reactive ketones (excluding diaryl/α,β-unsaturated/α-hetero) is 2. The van der Waals surface area contributed by atoms with Crippen LogP contribution in [-0.4, -0.2) is 11.6 Å². The van der Waals surface area contributed by atoms with Crippen molar-refractivity contribution in [2.45, 2.75) is 44.9 Å². The van der Waals surface area contributed by atoms with E-state index < -0.39 is 0 Å². The van der Waals surface area contributed by atoms with Crippen LogP contribution in [0.4, 0.5) is 0 Å². The maximum atomic E-state index is 12.1. The molecule has 0 radical (unpaired) electrons. The molecule has 0 heterocycles. The fourth-order valence-corrected chi connectivity index (χ4v) is 3.55. The van der Waals surface area contributed by atoms with Crippen LogP contribution in [0.3, 0.4) is 0 Å². The van der Waals surface area contributed by atoms with Gasteiger partial charge in [-0.1, -0.05) is 17.7 Å². The van der Waals surface area contributed by atoms with Gasteiger partial charge in [0.05, 0.1) is 5.41 Å². The molecule has 84 valence electrons. The Hall–Kier alpha value is -1.18. The topological polar surface area (TPSA) is 34.1 Å². The molecule has 3 rings (SSSR count). The SMILES string of the molecule is C=C1CCC(=O)[C@@]12CCC1=C(CCC1=O)C2. The van der Waals surface area contributed by atoms with Crippen molar-refractivity contribution >= 4 is 11.6 Å². The monoisotopic (exact) mass is 216 g/mol. The number of allylic oxidation sites excluding steroid dienone is 3. The number of hydrogen-bond donors (Lipinski definition) is 0. The Labute approximate surface area is 95.4 Å². The minimum Gasteiger partial charge on any atom is -0.299 e. The number of ketones is 2. The molecule has 0 aromatic rings. The summed E-state index contributed by atoms with van der Waals surface area (Å²) in [7, 11) is 0. The first-order valence-electron chi connectivity index (χ1n) is 6.09. The first kappa shape index (κ1) is 10.0. The second kappa shape index (κ2) is 3.16. The van der Waals surface area contributed by atoms with Gasteiger partial charge in [-0.25, -0.2) is 0 Å². The first-order valence-corrected chi connectivity index (χ1v) is 6.09. The molecule has 1 atom stereocenters. The summed E-state index contributed by atoms with van der Waals surface area (Å²) < 4.78 is 0. The van der Waals surface area contributed by atoms with Crippen molar-refractivity contribution < 1.29 is 9.59 Å². The van der Waals surface area contributed by atoms with Gasteiger partial charge in [-0.15, -0.1) is 0 Å². The Morgan fingerprint density at radius 3 is 2.50 bits per heavy atom. The highest BCUT2D eigenvalue weighted by Crippen LogP contribution is 2.53. The Morgan fingerprint density at radius 1 is 1.00 bits per heavy atom. The van der Waals surface area contributed by atoms with Gasteiger partial charge in [0, 0.05) is 12.8 Å². The second-order valence-electron chi connectivity index (χ2n) is 5.29. The lowest BCUT2D eigenvalue weighted by Gasteiger charge is -2.33. The summed E-state index contributed by atoms with van der Waals surface area (Å²) in [5.74, 6) is 0.685. The molecule has 0 N–H and O–H groups in total. The zero-order chi connectivity index (χ0) is 11.3. The summed E-state index contributed by atoms with van der Waals surface area (Å²) in [6, 6.07) is 0. The smallest absolute Gasteiger partial charge is 0.159 e. The van der Waals surface area contributed by atoms with Crippen molar-refractivity contribution in [2.75, 3.05) is 0 Å². The fraction of sp³-hybridized carbons (Fsp3) is 0.571. The van der Waals surface area contributed by atoms with Crippen LogP contribution in [0.25, 0.3) is 0 Å². The molecule has 3 aliphatic carbocycles. The van der Waals surface area contributed by atoms with Crippen LogP contribution < -0.4 is 0 Å². The van der Waals surface area contributed by atoms with Crippen LogP contribution >= 0.6 is 0 Å². The van der Waals surface area contributed by atoms with Crippen molar-refractivity contribution in [1.82, 2.24) is 0 Å². The average Bonchev–Trinajstić information content (AvgIpc) is 2.77. The molecule has 0 unspecified atom stereocenters. The van der Waals surface area contributed by atoms with E-state index >= 15 is 0 Å². The number of carbonyl (C=O) groups excluding carboxylic acids is 2. The van der Waals surface area contributed by atoms with Crippen molar-refractivity contribution in [3.63, 3.8) is 0 Å². The van der Waals surface area contributed by atoms with E-state index in [2.05, 4.69) is 6.58 Å². The highest BCUT2D eigenvalue weighted by atomic mass is 16.1. The first-order chi connectivity index (χ1) is 7.63. The van der Waals surface area contributed by atoms with Crippen LogP contribution in [0.15, 0.2) is 23.3 Å². The van der Waals surface area contributed by atoms with Gasteiger partial charge in [-0.2, -0.15) is 0 Å². The van der Waals surface area contributed by atoms with Gasteiger partial charge in [0.15, 0.2) is 5.78 Å². The van der Waals surface area contributed by atoms with Gasteiger partial charge < -0.3 is 0 Å². The van der Waals surface area contributed by atoms with E-state index in [1.807, 2.05) is 0 Å². The average molecular weight is 216 g/mol. The third-order valence-corrected chi connectivity index (χ3v) is 4.60. The van der Waals surface area contributed by atoms with Crippen molar-refractivity contribution in [3.05, 3.63) is 23.3 Å². The van der Waals surface area contributed by atoms with Crippen molar-refractivity contribution in [1.29, 1.82) is 0 Å². The summed E-state index contributed by atoms with van der Waals surface area (Å²) in [5.41, 5.74) is 3.14. The third kappa shape index (κ3) is 1.13. The molecule has 3 aliphatic rings. The zero-order valence-electron chi connectivity index (χ0n) is 9.47. The second-order valence-corrected chi connectivity index (χ2v) is 5.29. The summed E-state index contributed by atoms with van der Waals surface area (Å²) in [4.78, 5) is 23.7. The van der Waals surface area contributed by atoms with E-state index in [-0.39, 0.29) is 5.41 Å². The van der Waals surface area contributed by atoms with E-state index in [1.165, 1.54) is 5.57 Å². The molecule has 2 nitrogen and oxygen atoms in total. The Balaban J connectivity index is 1.98. The molecule has 0 amide bonds.